The number of rotatable bonds is 8. The van der Waals surface area contributed by atoms with Crippen molar-refractivity contribution in [2.75, 3.05) is 0 Å². The fourth-order valence-corrected chi connectivity index (χ4v) is 9.89. The number of unbranched alkanes of at least 4 members (excludes halogenated alkanes) is 2. The zero-order valence-electron chi connectivity index (χ0n) is 26.1. The van der Waals surface area contributed by atoms with E-state index in [1.807, 2.05) is 24.5 Å². The van der Waals surface area contributed by atoms with Gasteiger partial charge in [0.15, 0.2) is 0 Å². The molecule has 4 heteroatoms. The normalized spacial score (nSPS) is 28.7. The van der Waals surface area contributed by atoms with E-state index < -0.39 is 0 Å². The number of hydrogen-bond donors (Lipinski definition) is 0. The first-order valence-electron chi connectivity index (χ1n) is 16.7. The summed E-state index contributed by atoms with van der Waals surface area (Å²) in [6, 6.07) is 17.0. The molecular weight excluding hydrogens is 524 g/mol. The minimum Gasteiger partial charge on any atom is -0.255 e. The molecule has 0 amide bonds. The number of hydrogen-bond acceptors (Lipinski definition) is 4. The lowest BCUT2D eigenvalue weighted by Gasteiger charge is -2.61. The largest absolute Gasteiger partial charge is 0.255 e. The molecule has 6 aliphatic carbocycles. The van der Waals surface area contributed by atoms with Crippen LogP contribution in [-0.4, -0.2) is 19.9 Å². The molecule has 0 saturated heterocycles. The molecule has 0 N–H and O–H groups in total. The highest BCUT2D eigenvalue weighted by atomic mass is 14.8. The van der Waals surface area contributed by atoms with Gasteiger partial charge in [-0.1, -0.05) is 59.1 Å². The molecule has 4 nitrogen and oxygen atoms in total. The summed E-state index contributed by atoms with van der Waals surface area (Å²) in [7, 11) is 0. The second kappa shape index (κ2) is 10.1. The quantitative estimate of drug-likeness (QED) is 0.199. The van der Waals surface area contributed by atoms with Crippen LogP contribution in [0.1, 0.15) is 119 Å². The molecule has 0 radical (unpaired) electrons. The van der Waals surface area contributed by atoms with Crippen molar-refractivity contribution in [3.8, 4) is 22.8 Å². The van der Waals surface area contributed by atoms with Gasteiger partial charge in [-0.3, -0.25) is 19.9 Å². The lowest BCUT2D eigenvalue weighted by atomic mass is 9.43. The highest BCUT2D eigenvalue weighted by molar-refractivity contribution is 5.59. The zero-order valence-corrected chi connectivity index (χ0v) is 26.1. The SMILES string of the molecule is CC1(C)[C@@H]2C[C@H]1c1cnc(-c3ccccn3)cc1[C@H]2CCCCC[C@@H]1c2cc(-c3ccccn3)ncc2[C@@H]2C[C@H]1C2(C)C. The molecule has 2 saturated carbocycles. The van der Waals surface area contributed by atoms with E-state index in [-0.39, 0.29) is 0 Å². The third kappa shape index (κ3) is 4.23. The summed E-state index contributed by atoms with van der Waals surface area (Å²) in [5.41, 5.74) is 10.9. The van der Waals surface area contributed by atoms with E-state index in [0.717, 1.165) is 34.6 Å². The van der Waals surface area contributed by atoms with Crippen LogP contribution in [0, 0.1) is 22.7 Å². The maximum absolute atomic E-state index is 4.89. The summed E-state index contributed by atoms with van der Waals surface area (Å²) in [6.45, 7) is 9.99. The standard InChI is InChI=1S/C39H44N4/c1-38(2)30-20-32(38)28-22-42-36(34-14-8-10-16-40-34)18-26(28)24(30)12-6-5-7-13-25-27-19-37(35-15-9-11-17-41-35)43-23-29(27)33-21-31(25)39(33,3)4/h8-11,14-19,22-25,30-33H,5-7,12-13,20-21H2,1-4H3/t24-,25-,30-,31-,32+,33+/m1/s1. The molecule has 6 atom stereocenters. The van der Waals surface area contributed by atoms with E-state index in [9.17, 15) is 0 Å². The van der Waals surface area contributed by atoms with Gasteiger partial charge in [0.05, 0.1) is 22.8 Å². The Morgan fingerprint density at radius 3 is 1.42 bits per heavy atom. The minimum atomic E-state index is 0.378. The number of nitrogens with zero attached hydrogens (tertiary/aromatic N) is 4. The zero-order chi connectivity index (χ0) is 29.3. The third-order valence-electron chi connectivity index (χ3n) is 12.5. The molecule has 4 heterocycles. The van der Waals surface area contributed by atoms with E-state index >= 15 is 0 Å². The molecule has 220 valence electrons. The first-order valence-corrected chi connectivity index (χ1v) is 16.7. The molecule has 43 heavy (non-hydrogen) atoms. The maximum Gasteiger partial charge on any atom is 0.0889 e. The van der Waals surface area contributed by atoms with Crippen LogP contribution in [0.4, 0.5) is 0 Å². The average molecular weight is 569 g/mol. The summed E-state index contributed by atoms with van der Waals surface area (Å²) in [5.74, 6) is 4.13. The minimum absolute atomic E-state index is 0.378. The molecule has 4 aromatic rings. The van der Waals surface area contributed by atoms with Crippen LogP contribution >= 0.6 is 0 Å². The molecule has 0 unspecified atom stereocenters. The maximum atomic E-state index is 4.89. The first-order chi connectivity index (χ1) is 20.8. The Morgan fingerprint density at radius 2 is 1.02 bits per heavy atom. The topological polar surface area (TPSA) is 51.6 Å². The summed E-state index contributed by atoms with van der Waals surface area (Å²) < 4.78 is 0. The van der Waals surface area contributed by atoms with Gasteiger partial charge in [0.1, 0.15) is 0 Å². The van der Waals surface area contributed by atoms with Gasteiger partial charge < -0.3 is 0 Å². The highest BCUT2D eigenvalue weighted by Gasteiger charge is 2.57. The van der Waals surface area contributed by atoms with Gasteiger partial charge in [-0.25, -0.2) is 0 Å². The van der Waals surface area contributed by atoms with Crippen LogP contribution in [0.5, 0.6) is 0 Å². The van der Waals surface area contributed by atoms with Gasteiger partial charge in [0, 0.05) is 24.8 Å². The van der Waals surface area contributed by atoms with Crippen molar-refractivity contribution in [1.82, 2.24) is 19.9 Å². The van der Waals surface area contributed by atoms with Crippen molar-refractivity contribution < 1.29 is 0 Å². The lowest BCUT2D eigenvalue weighted by Crippen LogP contribution is -2.50. The van der Waals surface area contributed by atoms with Gasteiger partial charge in [-0.15, -0.1) is 0 Å². The molecule has 0 aliphatic heterocycles. The van der Waals surface area contributed by atoms with Crippen molar-refractivity contribution in [3.05, 3.63) is 95.6 Å². The molecule has 4 bridgehead atoms. The second-order valence-electron chi connectivity index (χ2n) is 15.1. The lowest BCUT2D eigenvalue weighted by molar-refractivity contribution is -0.0104. The Bertz CT molecular complexity index is 1520. The summed E-state index contributed by atoms with van der Waals surface area (Å²) in [5, 5.41) is 0. The van der Waals surface area contributed by atoms with Crippen LogP contribution < -0.4 is 0 Å². The van der Waals surface area contributed by atoms with Crippen LogP contribution in [0.15, 0.2) is 73.3 Å². The fourth-order valence-electron chi connectivity index (χ4n) is 9.89. The molecule has 2 fully saturated rings. The van der Waals surface area contributed by atoms with Crippen LogP contribution in [0.2, 0.25) is 0 Å². The van der Waals surface area contributed by atoms with Gasteiger partial charge in [-0.2, -0.15) is 0 Å². The monoisotopic (exact) mass is 568 g/mol. The molecular formula is C39H44N4. The predicted molar refractivity (Wildman–Crippen MR) is 173 cm³/mol. The Morgan fingerprint density at radius 1 is 0.558 bits per heavy atom. The molecule has 6 aliphatic rings. The van der Waals surface area contributed by atoms with E-state index in [1.54, 1.807) is 11.1 Å². The van der Waals surface area contributed by atoms with E-state index in [0.29, 0.717) is 34.5 Å². The van der Waals surface area contributed by atoms with E-state index in [4.69, 9.17) is 9.97 Å². The van der Waals surface area contributed by atoms with Gasteiger partial charge in [0.25, 0.3) is 0 Å². The number of pyridine rings is 4. The van der Waals surface area contributed by atoms with Gasteiger partial charge in [-0.05, 0) is 131 Å². The van der Waals surface area contributed by atoms with E-state index in [2.05, 4.69) is 86.5 Å². The van der Waals surface area contributed by atoms with E-state index in [1.165, 1.54) is 56.1 Å². The summed E-state index contributed by atoms with van der Waals surface area (Å²) in [6.07, 6.45) is 17.3. The van der Waals surface area contributed by atoms with Crippen LogP contribution in [0.25, 0.3) is 22.8 Å². The van der Waals surface area contributed by atoms with Crippen LogP contribution in [-0.2, 0) is 0 Å². The van der Waals surface area contributed by atoms with Gasteiger partial charge >= 0.3 is 0 Å². The molecule has 0 spiro atoms. The number of aromatic nitrogens is 4. The van der Waals surface area contributed by atoms with Crippen molar-refractivity contribution in [1.29, 1.82) is 0 Å². The van der Waals surface area contributed by atoms with Crippen molar-refractivity contribution >= 4 is 0 Å². The Hall–Kier alpha value is -3.40. The van der Waals surface area contributed by atoms with Crippen molar-refractivity contribution in [2.24, 2.45) is 22.7 Å². The molecule has 0 aromatic carbocycles. The first kappa shape index (κ1) is 27.2. The van der Waals surface area contributed by atoms with Crippen molar-refractivity contribution in [2.45, 2.75) is 96.3 Å². The third-order valence-corrected chi connectivity index (χ3v) is 12.5. The summed E-state index contributed by atoms with van der Waals surface area (Å²) >= 11 is 0. The van der Waals surface area contributed by atoms with Crippen molar-refractivity contribution in [3.63, 3.8) is 0 Å². The smallest absolute Gasteiger partial charge is 0.0889 e. The van der Waals surface area contributed by atoms with Gasteiger partial charge in [0.2, 0.25) is 0 Å². The molecule has 4 aromatic heterocycles. The fraction of sp³-hybridized carbons (Fsp3) is 0.487. The second-order valence-corrected chi connectivity index (χ2v) is 15.1. The molecule has 10 rings (SSSR count). The Kier molecular flexibility index (Phi) is 6.37. The van der Waals surface area contributed by atoms with Crippen LogP contribution in [0.3, 0.4) is 0 Å². The predicted octanol–water partition coefficient (Wildman–Crippen LogP) is 9.71. The Labute approximate surface area is 256 Å². The highest BCUT2D eigenvalue weighted by Crippen LogP contribution is 2.68. The summed E-state index contributed by atoms with van der Waals surface area (Å²) in [4.78, 5) is 19.0. The Balaban J connectivity index is 0.978. The average Bonchev–Trinajstić information content (AvgIpc) is 3.04.